The van der Waals surface area contributed by atoms with Crippen molar-refractivity contribution in [1.29, 1.82) is 0 Å². The molecule has 3 nitrogen and oxygen atoms in total. The Kier molecular flexibility index (Phi) is 3.82. The predicted molar refractivity (Wildman–Crippen MR) is 73.7 cm³/mol. The standard InChI is InChI=1S/C14H24F3N3/c1-12(2,3)20-8-5-10(14(15,16)17)9-11(20)13(4)6-7-18-19-13/h7,10-11,19H,5-6,8-9H2,1-4H3/t10-,11+,13?/m0/s1. The second kappa shape index (κ2) is 4.90. The number of alkyl halides is 3. The Hall–Kier alpha value is -0.780. The van der Waals surface area contributed by atoms with Gasteiger partial charge in [0.1, 0.15) is 0 Å². The van der Waals surface area contributed by atoms with Crippen LogP contribution in [0.2, 0.25) is 0 Å². The van der Waals surface area contributed by atoms with Crippen LogP contribution in [0.3, 0.4) is 0 Å². The van der Waals surface area contributed by atoms with Gasteiger partial charge in [0.05, 0.1) is 11.5 Å². The van der Waals surface area contributed by atoms with Crippen LogP contribution in [0.5, 0.6) is 0 Å². The normalized spacial score (nSPS) is 36.1. The van der Waals surface area contributed by atoms with Gasteiger partial charge >= 0.3 is 6.18 Å². The summed E-state index contributed by atoms with van der Waals surface area (Å²) in [6.07, 6.45) is -1.33. The number of hydrogen-bond acceptors (Lipinski definition) is 3. The summed E-state index contributed by atoms with van der Waals surface area (Å²) in [7, 11) is 0. The molecule has 0 amide bonds. The van der Waals surface area contributed by atoms with Crippen LogP contribution in [0.1, 0.15) is 47.0 Å². The van der Waals surface area contributed by atoms with E-state index in [0.29, 0.717) is 13.0 Å². The third-order valence-electron chi connectivity index (χ3n) is 4.59. The molecular weight excluding hydrogens is 267 g/mol. The minimum Gasteiger partial charge on any atom is -0.303 e. The molecule has 0 bridgehead atoms. The van der Waals surface area contributed by atoms with Gasteiger partial charge in [0.2, 0.25) is 0 Å². The first-order chi connectivity index (χ1) is 9.04. The Morgan fingerprint density at radius 3 is 2.40 bits per heavy atom. The van der Waals surface area contributed by atoms with Gasteiger partial charge in [-0.25, -0.2) is 0 Å². The van der Waals surface area contributed by atoms with Crippen molar-refractivity contribution in [3.05, 3.63) is 0 Å². The van der Waals surface area contributed by atoms with Gasteiger partial charge in [0.25, 0.3) is 0 Å². The molecule has 6 heteroatoms. The second-order valence-electron chi connectivity index (χ2n) is 7.19. The van der Waals surface area contributed by atoms with Crippen LogP contribution in [-0.4, -0.2) is 41.0 Å². The Bertz CT molecular complexity index is 376. The average molecular weight is 291 g/mol. The molecular formula is C14H24F3N3. The Morgan fingerprint density at radius 1 is 1.30 bits per heavy atom. The van der Waals surface area contributed by atoms with Crippen molar-refractivity contribution in [2.24, 2.45) is 11.0 Å². The summed E-state index contributed by atoms with van der Waals surface area (Å²) in [5.41, 5.74) is 2.49. The second-order valence-corrected chi connectivity index (χ2v) is 7.19. The van der Waals surface area contributed by atoms with E-state index in [9.17, 15) is 13.2 Å². The number of halogens is 3. The molecule has 1 fully saturated rings. The molecule has 2 aliphatic rings. The van der Waals surface area contributed by atoms with Crippen LogP contribution < -0.4 is 5.43 Å². The molecule has 2 rings (SSSR count). The highest BCUT2D eigenvalue weighted by atomic mass is 19.4. The van der Waals surface area contributed by atoms with Crippen molar-refractivity contribution in [3.63, 3.8) is 0 Å². The summed E-state index contributed by atoms with van der Waals surface area (Å²) in [6, 6.07) is -0.162. The summed E-state index contributed by atoms with van der Waals surface area (Å²) < 4.78 is 39.2. The highest BCUT2D eigenvalue weighted by Gasteiger charge is 2.51. The summed E-state index contributed by atoms with van der Waals surface area (Å²) in [5.74, 6) is -1.20. The average Bonchev–Trinajstić information content (AvgIpc) is 2.74. The first-order valence-electron chi connectivity index (χ1n) is 7.16. The van der Waals surface area contributed by atoms with E-state index < -0.39 is 17.6 Å². The molecule has 0 aromatic heterocycles. The number of nitrogens with zero attached hydrogens (tertiary/aromatic N) is 2. The summed E-state index contributed by atoms with van der Waals surface area (Å²) in [4.78, 5) is 2.21. The summed E-state index contributed by atoms with van der Waals surface area (Å²) in [6.45, 7) is 8.64. The molecule has 0 spiro atoms. The van der Waals surface area contributed by atoms with Crippen LogP contribution >= 0.6 is 0 Å². The Labute approximate surface area is 118 Å². The number of rotatable bonds is 1. The number of piperidine rings is 1. The molecule has 0 radical (unpaired) electrons. The number of hydrazone groups is 1. The molecule has 3 atom stereocenters. The monoisotopic (exact) mass is 291 g/mol. The van der Waals surface area contributed by atoms with Gasteiger partial charge in [-0.15, -0.1) is 0 Å². The maximum atomic E-state index is 13.1. The fourth-order valence-corrected chi connectivity index (χ4v) is 3.35. The lowest BCUT2D eigenvalue weighted by Gasteiger charge is -2.52. The molecule has 2 heterocycles. The molecule has 1 saturated heterocycles. The summed E-state index contributed by atoms with van der Waals surface area (Å²) >= 11 is 0. The van der Waals surface area contributed by atoms with Crippen molar-refractivity contribution in [3.8, 4) is 0 Å². The van der Waals surface area contributed by atoms with Gasteiger partial charge in [-0.05, 0) is 47.1 Å². The lowest BCUT2D eigenvalue weighted by Crippen LogP contribution is -2.64. The fraction of sp³-hybridized carbons (Fsp3) is 0.929. The first kappa shape index (κ1) is 15.6. The van der Waals surface area contributed by atoms with Crippen molar-refractivity contribution < 1.29 is 13.2 Å². The maximum Gasteiger partial charge on any atom is 0.391 e. The minimum absolute atomic E-state index is 0.144. The van der Waals surface area contributed by atoms with Crippen molar-refractivity contribution in [2.75, 3.05) is 6.54 Å². The quantitative estimate of drug-likeness (QED) is 0.803. The molecule has 0 aliphatic carbocycles. The molecule has 0 saturated carbocycles. The van der Waals surface area contributed by atoms with E-state index in [1.165, 1.54) is 0 Å². The molecule has 20 heavy (non-hydrogen) atoms. The van der Waals surface area contributed by atoms with E-state index in [-0.39, 0.29) is 24.4 Å². The fourth-order valence-electron chi connectivity index (χ4n) is 3.35. The van der Waals surface area contributed by atoms with Gasteiger partial charge in [-0.2, -0.15) is 18.3 Å². The van der Waals surface area contributed by atoms with Gasteiger partial charge in [0, 0.05) is 24.2 Å². The van der Waals surface area contributed by atoms with E-state index in [1.54, 1.807) is 6.21 Å². The zero-order valence-electron chi connectivity index (χ0n) is 12.6. The van der Waals surface area contributed by atoms with Gasteiger partial charge in [-0.1, -0.05) is 0 Å². The summed E-state index contributed by atoms with van der Waals surface area (Å²) in [5, 5.41) is 4.03. The molecule has 2 aliphatic heterocycles. The largest absolute Gasteiger partial charge is 0.391 e. The molecule has 1 N–H and O–H groups in total. The molecule has 0 aromatic rings. The molecule has 0 aromatic carbocycles. The van der Waals surface area contributed by atoms with Crippen molar-refractivity contribution in [2.45, 2.75) is 70.3 Å². The van der Waals surface area contributed by atoms with Crippen molar-refractivity contribution in [1.82, 2.24) is 10.3 Å². The van der Waals surface area contributed by atoms with Gasteiger partial charge in [-0.3, -0.25) is 4.90 Å². The van der Waals surface area contributed by atoms with Crippen LogP contribution in [0.4, 0.5) is 13.2 Å². The number of nitrogens with one attached hydrogen (secondary N) is 1. The van der Waals surface area contributed by atoms with Crippen LogP contribution in [0.15, 0.2) is 5.10 Å². The lowest BCUT2D eigenvalue weighted by atomic mass is 9.77. The van der Waals surface area contributed by atoms with E-state index in [4.69, 9.17) is 0 Å². The highest BCUT2D eigenvalue weighted by molar-refractivity contribution is 5.61. The topological polar surface area (TPSA) is 27.6 Å². The number of hydrogen-bond donors (Lipinski definition) is 1. The Balaban J connectivity index is 2.24. The van der Waals surface area contributed by atoms with E-state index in [2.05, 4.69) is 36.2 Å². The Morgan fingerprint density at radius 2 is 1.95 bits per heavy atom. The van der Waals surface area contributed by atoms with Crippen LogP contribution in [0.25, 0.3) is 0 Å². The predicted octanol–water partition coefficient (Wildman–Crippen LogP) is 3.17. The smallest absolute Gasteiger partial charge is 0.303 e. The third kappa shape index (κ3) is 2.95. The minimum atomic E-state index is -4.10. The SMILES string of the molecule is CC1([C@H]2C[C@@H](C(F)(F)F)CCN2C(C)(C)C)CC=NN1. The zero-order chi connectivity index (χ0) is 15.2. The first-order valence-corrected chi connectivity index (χ1v) is 7.16. The zero-order valence-corrected chi connectivity index (χ0v) is 12.6. The van der Waals surface area contributed by atoms with E-state index in [1.807, 2.05) is 6.92 Å². The van der Waals surface area contributed by atoms with Gasteiger partial charge in [0.15, 0.2) is 0 Å². The van der Waals surface area contributed by atoms with Gasteiger partial charge < -0.3 is 5.43 Å². The van der Waals surface area contributed by atoms with Crippen LogP contribution in [-0.2, 0) is 0 Å². The lowest BCUT2D eigenvalue weighted by molar-refractivity contribution is -0.197. The molecule has 1 unspecified atom stereocenters. The molecule has 116 valence electrons. The van der Waals surface area contributed by atoms with Crippen molar-refractivity contribution >= 4 is 6.21 Å². The van der Waals surface area contributed by atoms with E-state index in [0.717, 1.165) is 0 Å². The third-order valence-corrected chi connectivity index (χ3v) is 4.59. The van der Waals surface area contributed by atoms with E-state index >= 15 is 0 Å². The highest BCUT2D eigenvalue weighted by Crippen LogP contribution is 2.42. The number of likely N-dealkylation sites (tertiary alicyclic amines) is 1. The maximum absolute atomic E-state index is 13.1. The van der Waals surface area contributed by atoms with Crippen LogP contribution in [0, 0.1) is 5.92 Å².